The lowest BCUT2D eigenvalue weighted by Gasteiger charge is -2.25. The third kappa shape index (κ3) is 3.83. The highest BCUT2D eigenvalue weighted by molar-refractivity contribution is 6.31. The van der Waals surface area contributed by atoms with Crippen LogP contribution in [0.25, 0.3) is 4.85 Å². The molecular weight excluding hydrogens is 344 g/mol. The fourth-order valence-electron chi connectivity index (χ4n) is 2.13. The van der Waals surface area contributed by atoms with E-state index in [9.17, 15) is 0 Å². The molecule has 0 aliphatic carbocycles. The van der Waals surface area contributed by atoms with Crippen molar-refractivity contribution in [3.8, 4) is 5.88 Å². The van der Waals surface area contributed by atoms with Gasteiger partial charge in [-0.05, 0) is 6.92 Å². The average Bonchev–Trinajstić information content (AvgIpc) is 2.90. The van der Waals surface area contributed by atoms with Gasteiger partial charge >= 0.3 is 5.66 Å². The zero-order chi connectivity index (χ0) is 18.0. The minimum atomic E-state index is -0.759. The molecule has 0 atom stereocenters. The summed E-state index contributed by atoms with van der Waals surface area (Å²) in [6.07, 6.45) is 3.25. The molecule has 1 aliphatic rings. The van der Waals surface area contributed by atoms with Crippen LogP contribution < -0.4 is 10.1 Å². The van der Waals surface area contributed by atoms with E-state index in [1.807, 2.05) is 6.92 Å². The maximum absolute atomic E-state index is 7.28. The third-order valence-corrected chi connectivity index (χ3v) is 4.11. The maximum Gasteiger partial charge on any atom is 0.319 e. The minimum Gasteiger partial charge on any atom is -0.476 e. The fourth-order valence-corrected chi connectivity index (χ4v) is 2.27. The summed E-state index contributed by atoms with van der Waals surface area (Å²) in [4.78, 5) is 12.1. The Labute approximate surface area is 150 Å². The Morgan fingerprint density at radius 2 is 2.28 bits per heavy atom. The maximum atomic E-state index is 7.28. The normalized spacial score (nSPS) is 14.7. The SMILES string of the molecule is [C-]#[N+]C(C)(C)n1cc(Nc2ncc(Cl)c(OCC3COC3)n2)c(C)n1. The minimum absolute atomic E-state index is 0.331. The molecule has 0 amide bonds. The van der Waals surface area contributed by atoms with Gasteiger partial charge < -0.3 is 14.8 Å². The lowest BCUT2D eigenvalue weighted by atomic mass is 10.1. The highest BCUT2D eigenvalue weighted by atomic mass is 35.5. The standard InChI is InChI=1S/C16H19ClN6O2/c1-10-13(6-23(22-10)16(2,3)18-4)20-15-19-5-12(17)14(21-15)25-9-11-7-24-8-11/h5-6,11H,7-9H2,1-3H3,(H,19,20,21). The Bertz CT molecular complexity index is 809. The Hall–Kier alpha value is -2.37. The van der Waals surface area contributed by atoms with Gasteiger partial charge in [-0.15, -0.1) is 0 Å². The molecule has 1 aliphatic heterocycles. The summed E-state index contributed by atoms with van der Waals surface area (Å²) < 4.78 is 12.4. The quantitative estimate of drug-likeness (QED) is 0.796. The van der Waals surface area contributed by atoms with Crippen molar-refractivity contribution in [1.82, 2.24) is 19.7 Å². The zero-order valence-electron chi connectivity index (χ0n) is 14.3. The summed E-state index contributed by atoms with van der Waals surface area (Å²) >= 11 is 6.10. The first-order valence-electron chi connectivity index (χ1n) is 7.84. The summed E-state index contributed by atoms with van der Waals surface area (Å²) in [5, 5.41) is 7.84. The number of hydrogen-bond donors (Lipinski definition) is 1. The number of aryl methyl sites for hydroxylation is 1. The number of nitrogens with zero attached hydrogens (tertiary/aromatic N) is 5. The second-order valence-electron chi connectivity index (χ2n) is 6.37. The molecule has 2 aromatic rings. The van der Waals surface area contributed by atoms with Gasteiger partial charge in [0.05, 0.1) is 43.6 Å². The number of halogens is 1. The molecule has 0 aromatic carbocycles. The van der Waals surface area contributed by atoms with Crippen molar-refractivity contribution < 1.29 is 9.47 Å². The van der Waals surface area contributed by atoms with Crippen LogP contribution in [0.3, 0.4) is 0 Å². The van der Waals surface area contributed by atoms with Gasteiger partial charge in [0, 0.05) is 19.8 Å². The van der Waals surface area contributed by atoms with Gasteiger partial charge in [0.15, 0.2) is 0 Å². The molecule has 132 valence electrons. The Morgan fingerprint density at radius 1 is 1.52 bits per heavy atom. The average molecular weight is 363 g/mol. The Kier molecular flexibility index (Phi) is 4.79. The molecule has 0 spiro atoms. The molecule has 0 radical (unpaired) electrons. The molecular formula is C16H19ClN6O2. The fraction of sp³-hybridized carbons (Fsp3) is 0.500. The van der Waals surface area contributed by atoms with Crippen LogP contribution in [0, 0.1) is 19.4 Å². The lowest BCUT2D eigenvalue weighted by molar-refractivity contribution is -0.0514. The third-order valence-electron chi connectivity index (χ3n) is 3.85. The van der Waals surface area contributed by atoms with Gasteiger partial charge in [0.1, 0.15) is 5.02 Å². The summed E-state index contributed by atoms with van der Waals surface area (Å²) in [5.41, 5.74) is 0.701. The van der Waals surface area contributed by atoms with Crippen molar-refractivity contribution in [3.63, 3.8) is 0 Å². The first-order chi connectivity index (χ1) is 11.9. The predicted octanol–water partition coefficient (Wildman–Crippen LogP) is 3.02. The van der Waals surface area contributed by atoms with E-state index in [-0.39, 0.29) is 0 Å². The van der Waals surface area contributed by atoms with E-state index in [1.165, 1.54) is 6.20 Å². The molecule has 1 saturated heterocycles. The Balaban J connectivity index is 1.75. The van der Waals surface area contributed by atoms with Crippen LogP contribution in [-0.4, -0.2) is 39.6 Å². The van der Waals surface area contributed by atoms with Crippen LogP contribution in [0.2, 0.25) is 5.02 Å². The van der Waals surface area contributed by atoms with E-state index >= 15 is 0 Å². The molecule has 8 nitrogen and oxygen atoms in total. The molecule has 1 fully saturated rings. The smallest absolute Gasteiger partial charge is 0.319 e. The van der Waals surface area contributed by atoms with E-state index in [2.05, 4.69) is 25.2 Å². The van der Waals surface area contributed by atoms with Crippen LogP contribution in [-0.2, 0) is 10.4 Å². The lowest BCUT2D eigenvalue weighted by Crippen LogP contribution is -2.32. The summed E-state index contributed by atoms with van der Waals surface area (Å²) in [7, 11) is 0. The molecule has 3 heterocycles. The number of hydrogen-bond acceptors (Lipinski definition) is 6. The summed E-state index contributed by atoms with van der Waals surface area (Å²) in [6.45, 7) is 14.6. The zero-order valence-corrected chi connectivity index (χ0v) is 15.0. The predicted molar refractivity (Wildman–Crippen MR) is 93.0 cm³/mol. The first-order valence-corrected chi connectivity index (χ1v) is 8.22. The van der Waals surface area contributed by atoms with Gasteiger partial charge in [-0.1, -0.05) is 11.6 Å². The van der Waals surface area contributed by atoms with Gasteiger partial charge in [-0.25, -0.2) is 11.6 Å². The number of nitrogens with one attached hydrogen (secondary N) is 1. The molecule has 9 heteroatoms. The highest BCUT2D eigenvalue weighted by Gasteiger charge is 2.27. The largest absolute Gasteiger partial charge is 0.476 e. The summed E-state index contributed by atoms with van der Waals surface area (Å²) in [6, 6.07) is 0. The molecule has 0 unspecified atom stereocenters. The number of rotatable bonds is 6. The second-order valence-corrected chi connectivity index (χ2v) is 6.77. The van der Waals surface area contributed by atoms with Crippen LogP contribution in [0.4, 0.5) is 11.6 Å². The van der Waals surface area contributed by atoms with Crippen molar-refractivity contribution in [2.45, 2.75) is 26.4 Å². The van der Waals surface area contributed by atoms with Gasteiger partial charge in [0.2, 0.25) is 11.8 Å². The van der Waals surface area contributed by atoms with Crippen molar-refractivity contribution >= 4 is 23.2 Å². The molecule has 0 saturated carbocycles. The second kappa shape index (κ2) is 6.86. The number of anilines is 2. The summed E-state index contributed by atoms with van der Waals surface area (Å²) in [5.74, 6) is 1.06. The number of aromatic nitrogens is 4. The molecule has 1 N–H and O–H groups in total. The van der Waals surface area contributed by atoms with Gasteiger partial charge in [-0.3, -0.25) is 4.85 Å². The van der Waals surface area contributed by atoms with Crippen molar-refractivity contribution in [1.29, 1.82) is 0 Å². The van der Waals surface area contributed by atoms with E-state index in [0.717, 1.165) is 11.4 Å². The van der Waals surface area contributed by atoms with Crippen molar-refractivity contribution in [2.24, 2.45) is 5.92 Å². The molecule has 0 bridgehead atoms. The van der Waals surface area contributed by atoms with Crippen molar-refractivity contribution in [3.05, 3.63) is 34.5 Å². The topological polar surface area (TPSA) is 78.5 Å². The van der Waals surface area contributed by atoms with E-state index < -0.39 is 5.66 Å². The Morgan fingerprint density at radius 3 is 2.92 bits per heavy atom. The van der Waals surface area contributed by atoms with Crippen LogP contribution in [0.5, 0.6) is 5.88 Å². The first kappa shape index (κ1) is 17.5. The van der Waals surface area contributed by atoms with Gasteiger partial charge in [-0.2, -0.15) is 14.8 Å². The van der Waals surface area contributed by atoms with Gasteiger partial charge in [0.25, 0.3) is 0 Å². The van der Waals surface area contributed by atoms with E-state index in [0.29, 0.717) is 42.6 Å². The van der Waals surface area contributed by atoms with E-state index in [4.69, 9.17) is 27.6 Å². The molecule has 2 aromatic heterocycles. The monoisotopic (exact) mass is 362 g/mol. The van der Waals surface area contributed by atoms with Crippen LogP contribution in [0.1, 0.15) is 19.5 Å². The van der Waals surface area contributed by atoms with Crippen molar-refractivity contribution in [2.75, 3.05) is 25.1 Å². The highest BCUT2D eigenvalue weighted by Crippen LogP contribution is 2.27. The van der Waals surface area contributed by atoms with Crippen LogP contribution >= 0.6 is 11.6 Å². The van der Waals surface area contributed by atoms with Crippen LogP contribution in [0.15, 0.2) is 12.4 Å². The number of ether oxygens (including phenoxy) is 2. The molecule has 3 rings (SSSR count). The van der Waals surface area contributed by atoms with E-state index in [1.54, 1.807) is 24.7 Å². The molecule has 25 heavy (non-hydrogen) atoms.